The molecule has 0 amide bonds. The highest BCUT2D eigenvalue weighted by molar-refractivity contribution is 5.78. The average molecular weight is 377 g/mol. The van der Waals surface area contributed by atoms with Gasteiger partial charge in [0.15, 0.2) is 0 Å². The number of hydrogen-bond donors (Lipinski definition) is 5. The first-order valence-electron chi connectivity index (χ1n) is 8.87. The van der Waals surface area contributed by atoms with Crippen LogP contribution in [0.2, 0.25) is 0 Å². The minimum absolute atomic E-state index is 0.0981. The first-order chi connectivity index (χ1) is 12.1. The maximum Gasteiger partial charge on any atom is 0.309 e. The van der Waals surface area contributed by atoms with Gasteiger partial charge in [-0.1, -0.05) is 27.7 Å². The Morgan fingerprint density at radius 1 is 1.15 bits per heavy atom. The molecule has 0 aliphatic carbocycles. The van der Waals surface area contributed by atoms with Crippen molar-refractivity contribution in [2.75, 3.05) is 6.61 Å². The minimum atomic E-state index is -1.35. The monoisotopic (exact) mass is 377 g/mol. The Morgan fingerprint density at radius 2 is 1.77 bits per heavy atom. The average Bonchev–Trinajstić information content (AvgIpc) is 2.52. The molecular weight excluding hydrogens is 346 g/mol. The van der Waals surface area contributed by atoms with Crippen LogP contribution in [-0.4, -0.2) is 75.7 Å². The molecule has 1 aliphatic heterocycles. The molecule has 1 aliphatic rings. The van der Waals surface area contributed by atoms with Crippen LogP contribution in [0.15, 0.2) is 0 Å². The van der Waals surface area contributed by atoms with E-state index in [1.165, 1.54) is 0 Å². The lowest BCUT2D eigenvalue weighted by atomic mass is 9.94. The number of carboxylic acids is 1. The second-order valence-corrected chi connectivity index (χ2v) is 7.41. The Labute approximate surface area is 153 Å². The van der Waals surface area contributed by atoms with Crippen molar-refractivity contribution in [3.63, 3.8) is 0 Å². The number of rotatable bonds is 9. The summed E-state index contributed by atoms with van der Waals surface area (Å²) < 4.78 is 10.7. The van der Waals surface area contributed by atoms with E-state index in [0.29, 0.717) is 6.42 Å². The number of carbonyl (C=O) groups is 2. The van der Waals surface area contributed by atoms with Crippen molar-refractivity contribution in [1.29, 1.82) is 0 Å². The molecule has 0 unspecified atom stereocenters. The molecule has 1 saturated heterocycles. The van der Waals surface area contributed by atoms with Gasteiger partial charge in [-0.05, 0) is 12.3 Å². The Morgan fingerprint density at radius 3 is 2.23 bits per heavy atom. The number of carbonyl (C=O) groups excluding carboxylic acids is 1. The predicted molar refractivity (Wildman–Crippen MR) is 91.1 cm³/mol. The van der Waals surface area contributed by atoms with E-state index >= 15 is 0 Å². The number of nitrogens with one attached hydrogen (secondary N) is 1. The molecule has 0 aromatic carbocycles. The highest BCUT2D eigenvalue weighted by Crippen LogP contribution is 2.24. The van der Waals surface area contributed by atoms with Gasteiger partial charge < -0.3 is 35.2 Å². The summed E-state index contributed by atoms with van der Waals surface area (Å²) in [4.78, 5) is 23.5. The summed E-state index contributed by atoms with van der Waals surface area (Å²) >= 11 is 0. The molecule has 152 valence electrons. The summed E-state index contributed by atoms with van der Waals surface area (Å²) in [6.45, 7) is 6.76. The maximum atomic E-state index is 12.2. The third kappa shape index (κ3) is 6.48. The van der Waals surface area contributed by atoms with Gasteiger partial charge in [0.2, 0.25) is 6.29 Å². The molecule has 0 spiro atoms. The molecule has 1 fully saturated rings. The van der Waals surface area contributed by atoms with Gasteiger partial charge in [0, 0.05) is 6.04 Å². The van der Waals surface area contributed by atoms with Gasteiger partial charge in [-0.2, -0.15) is 0 Å². The standard InChI is InChI=1S/C17H31NO8/c1-8(2)5-10(16(23)24)6-12(20)26-17-13(18-9(3)4)15(22)14(21)11(7-19)25-17/h8-11,13-15,17-19,21-22H,5-7H2,1-4H3,(H,23,24)/t10-,11-,13-,14-,15-,17-/m1/s1. The number of esters is 1. The molecule has 5 N–H and O–H groups in total. The Balaban J connectivity index is 2.83. The number of hydrogen-bond acceptors (Lipinski definition) is 8. The summed E-state index contributed by atoms with van der Waals surface area (Å²) in [7, 11) is 0. The number of aliphatic hydroxyl groups excluding tert-OH is 3. The first kappa shape index (κ1) is 22.8. The van der Waals surface area contributed by atoms with Gasteiger partial charge in [0.1, 0.15) is 18.3 Å². The number of carboxylic acid groups (broad SMARTS) is 1. The number of ether oxygens (including phenoxy) is 2. The highest BCUT2D eigenvalue weighted by Gasteiger charge is 2.46. The SMILES string of the molecule is CC(C)C[C@H](CC(=O)O[C@H]1O[C@H](CO)[C@@H](O)[C@H](O)[C@H]1NC(C)C)C(=O)O. The lowest BCUT2D eigenvalue weighted by Gasteiger charge is -2.42. The molecule has 9 heteroatoms. The highest BCUT2D eigenvalue weighted by atomic mass is 16.7. The van der Waals surface area contributed by atoms with Crippen molar-refractivity contribution in [1.82, 2.24) is 5.32 Å². The zero-order valence-electron chi connectivity index (χ0n) is 15.7. The lowest BCUT2D eigenvalue weighted by molar-refractivity contribution is -0.265. The fraction of sp³-hybridized carbons (Fsp3) is 0.882. The van der Waals surface area contributed by atoms with E-state index in [0.717, 1.165) is 0 Å². The lowest BCUT2D eigenvalue weighted by Crippen LogP contribution is -2.65. The van der Waals surface area contributed by atoms with Crippen molar-refractivity contribution in [3.8, 4) is 0 Å². The smallest absolute Gasteiger partial charge is 0.309 e. The normalized spacial score (nSPS) is 30.4. The molecular formula is C17H31NO8. The van der Waals surface area contributed by atoms with E-state index in [4.69, 9.17) is 9.47 Å². The Kier molecular flexibility index (Phi) is 8.91. The van der Waals surface area contributed by atoms with Gasteiger partial charge in [-0.3, -0.25) is 9.59 Å². The Hall–Kier alpha value is -1.26. The van der Waals surface area contributed by atoms with Gasteiger partial charge in [0.05, 0.1) is 25.0 Å². The van der Waals surface area contributed by atoms with Crippen LogP contribution in [0.25, 0.3) is 0 Å². The molecule has 0 aromatic heterocycles. The van der Waals surface area contributed by atoms with Crippen molar-refractivity contribution >= 4 is 11.9 Å². The van der Waals surface area contributed by atoms with Crippen LogP contribution in [0.3, 0.4) is 0 Å². The van der Waals surface area contributed by atoms with Crippen LogP contribution in [0.1, 0.15) is 40.5 Å². The predicted octanol–water partition coefficient (Wildman–Crippen LogP) is -0.528. The van der Waals surface area contributed by atoms with E-state index in [1.807, 2.05) is 13.8 Å². The van der Waals surface area contributed by atoms with E-state index in [-0.39, 0.29) is 18.4 Å². The maximum absolute atomic E-state index is 12.2. The second kappa shape index (κ2) is 10.2. The summed E-state index contributed by atoms with van der Waals surface area (Å²) in [6, 6.07) is -1.02. The van der Waals surface area contributed by atoms with E-state index in [9.17, 15) is 30.0 Å². The molecule has 1 rings (SSSR count). The van der Waals surface area contributed by atoms with E-state index in [1.54, 1.807) is 13.8 Å². The Bertz CT molecular complexity index is 470. The molecule has 0 saturated carbocycles. The zero-order valence-corrected chi connectivity index (χ0v) is 15.7. The van der Waals surface area contributed by atoms with Gasteiger partial charge in [-0.25, -0.2) is 0 Å². The van der Waals surface area contributed by atoms with Gasteiger partial charge in [-0.15, -0.1) is 0 Å². The van der Waals surface area contributed by atoms with Crippen molar-refractivity contribution < 1.29 is 39.5 Å². The summed E-state index contributed by atoms with van der Waals surface area (Å²) in [5.41, 5.74) is 0. The van der Waals surface area contributed by atoms with E-state index < -0.39 is 55.1 Å². The third-order valence-electron chi connectivity index (χ3n) is 4.17. The fourth-order valence-electron chi connectivity index (χ4n) is 2.96. The van der Waals surface area contributed by atoms with Crippen LogP contribution >= 0.6 is 0 Å². The fourth-order valence-corrected chi connectivity index (χ4v) is 2.96. The third-order valence-corrected chi connectivity index (χ3v) is 4.17. The molecule has 0 radical (unpaired) electrons. The van der Waals surface area contributed by atoms with Gasteiger partial charge in [0.25, 0.3) is 0 Å². The van der Waals surface area contributed by atoms with E-state index in [2.05, 4.69) is 5.32 Å². The molecule has 9 nitrogen and oxygen atoms in total. The van der Waals surface area contributed by atoms with Crippen molar-refractivity contribution in [2.45, 2.75) is 77.2 Å². The second-order valence-electron chi connectivity index (χ2n) is 7.41. The van der Waals surface area contributed by atoms with Crippen molar-refractivity contribution in [3.05, 3.63) is 0 Å². The number of aliphatic hydroxyl groups is 3. The minimum Gasteiger partial charge on any atom is -0.481 e. The van der Waals surface area contributed by atoms with Crippen LogP contribution in [0.5, 0.6) is 0 Å². The quantitative estimate of drug-likeness (QED) is 0.335. The molecule has 6 atom stereocenters. The summed E-state index contributed by atoms with van der Waals surface area (Å²) in [5, 5.41) is 41.8. The van der Waals surface area contributed by atoms with Gasteiger partial charge >= 0.3 is 11.9 Å². The zero-order chi connectivity index (χ0) is 20.0. The van der Waals surface area contributed by atoms with Crippen LogP contribution in [0, 0.1) is 11.8 Å². The van der Waals surface area contributed by atoms with Crippen LogP contribution < -0.4 is 5.32 Å². The van der Waals surface area contributed by atoms with Crippen molar-refractivity contribution in [2.24, 2.45) is 11.8 Å². The topological polar surface area (TPSA) is 146 Å². The molecule has 1 heterocycles. The first-order valence-corrected chi connectivity index (χ1v) is 8.87. The molecule has 26 heavy (non-hydrogen) atoms. The van der Waals surface area contributed by atoms with Crippen LogP contribution in [0.4, 0.5) is 0 Å². The van der Waals surface area contributed by atoms with Crippen LogP contribution in [-0.2, 0) is 19.1 Å². The summed E-state index contributed by atoms with van der Waals surface area (Å²) in [6.07, 6.45) is -5.05. The largest absolute Gasteiger partial charge is 0.481 e. The molecule has 0 aromatic rings. The number of aliphatic carboxylic acids is 1. The molecule has 0 bridgehead atoms. The summed E-state index contributed by atoms with van der Waals surface area (Å²) in [5.74, 6) is -2.65.